The summed E-state index contributed by atoms with van der Waals surface area (Å²) in [5.74, 6) is -0.907. The number of rotatable bonds is 1. The van der Waals surface area contributed by atoms with E-state index in [9.17, 15) is 14.9 Å². The van der Waals surface area contributed by atoms with E-state index in [0.29, 0.717) is 15.6 Å². The first-order valence-electron chi connectivity index (χ1n) is 5.92. The fraction of sp³-hybridized carbons (Fsp3) is 0. The monoisotopic (exact) mass is 360 g/mol. The van der Waals surface area contributed by atoms with E-state index in [1.165, 1.54) is 6.07 Å². The summed E-state index contributed by atoms with van der Waals surface area (Å²) in [6, 6.07) is 11.6. The maximum atomic E-state index is 12.4. The van der Waals surface area contributed by atoms with Crippen molar-refractivity contribution in [2.75, 3.05) is 4.90 Å². The normalized spacial score (nSPS) is 13.3. The molecule has 0 fully saturated rings. The van der Waals surface area contributed by atoms with Crippen LogP contribution in [0.25, 0.3) is 0 Å². The summed E-state index contributed by atoms with van der Waals surface area (Å²) < 4.78 is 0.529. The highest BCUT2D eigenvalue weighted by Crippen LogP contribution is 2.36. The molecule has 0 unspecified atom stereocenters. The zero-order chi connectivity index (χ0) is 15.1. The average molecular weight is 362 g/mol. The number of benzene rings is 2. The molecule has 2 amide bonds. The van der Waals surface area contributed by atoms with Gasteiger partial charge in [-0.2, -0.15) is 5.26 Å². The molecule has 0 atom stereocenters. The zero-order valence-electron chi connectivity index (χ0n) is 10.4. The minimum absolute atomic E-state index is 0.0838. The van der Waals surface area contributed by atoms with E-state index < -0.39 is 11.8 Å². The number of halogens is 2. The lowest BCUT2D eigenvalue weighted by molar-refractivity contribution is 0.0926. The molecule has 102 valence electrons. The van der Waals surface area contributed by atoms with Gasteiger partial charge in [0.1, 0.15) is 6.07 Å². The maximum Gasteiger partial charge on any atom is 0.266 e. The van der Waals surface area contributed by atoms with Crippen LogP contribution in [0.4, 0.5) is 5.69 Å². The van der Waals surface area contributed by atoms with Crippen molar-refractivity contribution in [1.29, 1.82) is 5.26 Å². The number of fused-ring (bicyclic) bond motifs is 1. The standard InChI is InChI=1S/C15H6BrClN2O2/c16-11-5-6-12(10(7-18)13(11)17)19-14(20)8-3-1-2-4-9(8)15(19)21/h1-6H. The second-order valence-corrected chi connectivity index (χ2v) is 5.59. The minimum atomic E-state index is -0.453. The van der Waals surface area contributed by atoms with Gasteiger partial charge in [0.15, 0.2) is 0 Å². The molecule has 0 N–H and O–H groups in total. The Bertz CT molecular complexity index is 807. The van der Waals surface area contributed by atoms with Gasteiger partial charge in [-0.3, -0.25) is 9.59 Å². The van der Waals surface area contributed by atoms with E-state index in [4.69, 9.17) is 11.6 Å². The van der Waals surface area contributed by atoms with Gasteiger partial charge in [-0.25, -0.2) is 4.90 Å². The topological polar surface area (TPSA) is 61.2 Å². The Kier molecular flexibility index (Phi) is 3.28. The molecule has 0 radical (unpaired) electrons. The van der Waals surface area contributed by atoms with Crippen LogP contribution >= 0.6 is 27.5 Å². The molecule has 3 rings (SSSR count). The lowest BCUT2D eigenvalue weighted by Gasteiger charge is -2.16. The molecule has 2 aromatic carbocycles. The molecule has 21 heavy (non-hydrogen) atoms. The molecule has 4 nitrogen and oxygen atoms in total. The van der Waals surface area contributed by atoms with E-state index in [0.717, 1.165) is 4.90 Å². The van der Waals surface area contributed by atoms with Crippen molar-refractivity contribution in [2.45, 2.75) is 0 Å². The highest BCUT2D eigenvalue weighted by molar-refractivity contribution is 9.10. The Hall–Kier alpha value is -2.16. The van der Waals surface area contributed by atoms with Crippen LogP contribution in [0.1, 0.15) is 26.3 Å². The molecule has 0 spiro atoms. The van der Waals surface area contributed by atoms with E-state index in [1.54, 1.807) is 30.3 Å². The van der Waals surface area contributed by atoms with Crippen molar-refractivity contribution < 1.29 is 9.59 Å². The van der Waals surface area contributed by atoms with Gasteiger partial charge in [-0.05, 0) is 40.2 Å². The Morgan fingerprint density at radius 1 is 1.05 bits per heavy atom. The predicted octanol–water partition coefficient (Wildman–Crippen LogP) is 3.77. The van der Waals surface area contributed by atoms with Crippen LogP contribution in [-0.4, -0.2) is 11.8 Å². The fourth-order valence-corrected chi connectivity index (χ4v) is 2.77. The second kappa shape index (κ2) is 4.99. The van der Waals surface area contributed by atoms with Gasteiger partial charge >= 0.3 is 0 Å². The molecule has 0 aromatic heterocycles. The smallest absolute Gasteiger partial charge is 0.266 e. The lowest BCUT2D eigenvalue weighted by atomic mass is 10.1. The third-order valence-electron chi connectivity index (χ3n) is 3.22. The maximum absolute atomic E-state index is 12.4. The van der Waals surface area contributed by atoms with E-state index in [1.807, 2.05) is 6.07 Å². The summed E-state index contributed by atoms with van der Waals surface area (Å²) in [7, 11) is 0. The first-order valence-corrected chi connectivity index (χ1v) is 7.09. The number of amides is 2. The molecular weight excluding hydrogens is 356 g/mol. The van der Waals surface area contributed by atoms with Gasteiger partial charge in [-0.15, -0.1) is 0 Å². The highest BCUT2D eigenvalue weighted by Gasteiger charge is 2.37. The van der Waals surface area contributed by atoms with Gasteiger partial charge in [-0.1, -0.05) is 23.7 Å². The van der Waals surface area contributed by atoms with Crippen LogP contribution in [0, 0.1) is 11.3 Å². The predicted molar refractivity (Wildman–Crippen MR) is 81.4 cm³/mol. The largest absolute Gasteiger partial charge is 0.268 e. The van der Waals surface area contributed by atoms with Crippen LogP contribution in [0.2, 0.25) is 5.02 Å². The van der Waals surface area contributed by atoms with Gasteiger partial charge in [0.05, 0.1) is 27.4 Å². The number of hydrogen-bond acceptors (Lipinski definition) is 3. The van der Waals surface area contributed by atoms with Gasteiger partial charge < -0.3 is 0 Å². The van der Waals surface area contributed by atoms with Gasteiger partial charge in [0.25, 0.3) is 11.8 Å². The van der Waals surface area contributed by atoms with Crippen molar-refractivity contribution in [2.24, 2.45) is 0 Å². The third-order valence-corrected chi connectivity index (χ3v) is 4.50. The number of nitriles is 1. The summed E-state index contributed by atoms with van der Waals surface area (Å²) in [4.78, 5) is 25.8. The molecule has 0 bridgehead atoms. The summed E-state index contributed by atoms with van der Waals surface area (Å²) in [6.07, 6.45) is 0. The zero-order valence-corrected chi connectivity index (χ0v) is 12.8. The summed E-state index contributed by atoms with van der Waals surface area (Å²) in [5, 5.41) is 9.44. The van der Waals surface area contributed by atoms with E-state index in [2.05, 4.69) is 15.9 Å². The van der Waals surface area contributed by atoms with Crippen molar-refractivity contribution >= 4 is 45.0 Å². The molecule has 0 aliphatic carbocycles. The Morgan fingerprint density at radius 3 is 2.14 bits per heavy atom. The van der Waals surface area contributed by atoms with Crippen LogP contribution in [0.5, 0.6) is 0 Å². The number of anilines is 1. The summed E-state index contributed by atoms with van der Waals surface area (Å²) in [6.45, 7) is 0. The molecule has 0 saturated heterocycles. The van der Waals surface area contributed by atoms with Crippen molar-refractivity contribution in [3.63, 3.8) is 0 Å². The number of nitrogens with zero attached hydrogens (tertiary/aromatic N) is 2. The number of imide groups is 1. The molecule has 1 aliphatic rings. The molecular formula is C15H6BrClN2O2. The summed E-state index contributed by atoms with van der Waals surface area (Å²) >= 11 is 9.28. The quantitative estimate of drug-likeness (QED) is 0.726. The van der Waals surface area contributed by atoms with Crippen molar-refractivity contribution in [3.05, 3.63) is 62.6 Å². The number of carbonyl (C=O) groups excluding carboxylic acids is 2. The van der Waals surface area contributed by atoms with Gasteiger partial charge in [0.2, 0.25) is 0 Å². The second-order valence-electron chi connectivity index (χ2n) is 4.36. The highest BCUT2D eigenvalue weighted by atomic mass is 79.9. The van der Waals surface area contributed by atoms with Crippen LogP contribution < -0.4 is 4.90 Å². The Morgan fingerprint density at radius 2 is 1.62 bits per heavy atom. The SMILES string of the molecule is N#Cc1c(N2C(=O)c3ccccc3C2=O)ccc(Br)c1Cl. The average Bonchev–Trinajstić information content (AvgIpc) is 2.74. The molecule has 2 aromatic rings. The first-order chi connectivity index (χ1) is 10.1. The van der Waals surface area contributed by atoms with Crippen molar-refractivity contribution in [3.8, 4) is 6.07 Å². The molecule has 1 heterocycles. The number of carbonyl (C=O) groups is 2. The Labute approximate surface area is 133 Å². The fourth-order valence-electron chi connectivity index (χ4n) is 2.24. The van der Waals surface area contributed by atoms with Crippen molar-refractivity contribution in [1.82, 2.24) is 0 Å². The van der Waals surface area contributed by atoms with Crippen LogP contribution in [0.15, 0.2) is 40.9 Å². The summed E-state index contributed by atoms with van der Waals surface area (Å²) in [5.41, 5.74) is 0.924. The van der Waals surface area contributed by atoms with Crippen LogP contribution in [0.3, 0.4) is 0 Å². The minimum Gasteiger partial charge on any atom is -0.268 e. The van der Waals surface area contributed by atoms with Crippen LogP contribution in [-0.2, 0) is 0 Å². The lowest BCUT2D eigenvalue weighted by Crippen LogP contribution is -2.30. The molecule has 0 saturated carbocycles. The first kappa shape index (κ1) is 13.8. The molecule has 1 aliphatic heterocycles. The van der Waals surface area contributed by atoms with Gasteiger partial charge in [0, 0.05) is 4.47 Å². The molecule has 6 heteroatoms. The van der Waals surface area contributed by atoms with E-state index in [-0.39, 0.29) is 16.3 Å². The Balaban J connectivity index is 2.21. The van der Waals surface area contributed by atoms with E-state index >= 15 is 0 Å². The third kappa shape index (κ3) is 1.96. The number of hydrogen-bond donors (Lipinski definition) is 0.